The molecular weight excluding hydrogens is 250 g/mol. The first-order valence-corrected chi connectivity index (χ1v) is 5.47. The number of hydrogen-bond acceptors (Lipinski definition) is 5. The zero-order valence-electron chi connectivity index (χ0n) is 11.2. The molecule has 8 nitrogen and oxygen atoms in total. The van der Waals surface area contributed by atoms with Crippen LogP contribution in [0.15, 0.2) is 9.59 Å². The summed E-state index contributed by atoms with van der Waals surface area (Å²) in [6, 6.07) is 1.78. The summed E-state index contributed by atoms with van der Waals surface area (Å²) in [4.78, 5) is 36.4. The second-order valence-electron chi connectivity index (χ2n) is 4.05. The van der Waals surface area contributed by atoms with Crippen LogP contribution in [0.2, 0.25) is 0 Å². The minimum Gasteiger partial charge on any atom is -0.358 e. The second-order valence-corrected chi connectivity index (χ2v) is 4.05. The number of aromatic nitrogens is 2. The molecule has 1 heterocycles. The molecule has 1 aromatic heterocycles. The first-order chi connectivity index (χ1) is 8.84. The van der Waals surface area contributed by atoms with Crippen molar-refractivity contribution < 1.29 is 4.79 Å². The molecule has 1 rings (SSSR count). The van der Waals surface area contributed by atoms with Gasteiger partial charge in [-0.05, 0) is 0 Å². The molecule has 0 aliphatic heterocycles. The van der Waals surface area contributed by atoms with E-state index in [1.807, 2.05) is 0 Å². The van der Waals surface area contributed by atoms with Gasteiger partial charge in [0.05, 0.1) is 6.54 Å². The first-order valence-electron chi connectivity index (χ1n) is 5.47. The third kappa shape index (κ3) is 2.49. The molecule has 0 atom stereocenters. The molecule has 1 aromatic rings. The van der Waals surface area contributed by atoms with E-state index >= 15 is 0 Å². The van der Waals surface area contributed by atoms with E-state index in [2.05, 4.69) is 5.32 Å². The van der Waals surface area contributed by atoms with Crippen LogP contribution in [0, 0.1) is 11.3 Å². The molecule has 0 spiro atoms. The van der Waals surface area contributed by atoms with Crippen LogP contribution in [0.5, 0.6) is 0 Å². The Morgan fingerprint density at radius 2 is 1.95 bits per heavy atom. The van der Waals surface area contributed by atoms with Crippen LogP contribution in [0.1, 0.15) is 5.56 Å². The first kappa shape index (κ1) is 14.5. The van der Waals surface area contributed by atoms with Crippen LogP contribution >= 0.6 is 0 Å². The van der Waals surface area contributed by atoms with Gasteiger partial charge in [-0.15, -0.1) is 0 Å². The average Bonchev–Trinajstić information content (AvgIpc) is 2.39. The predicted octanol–water partition coefficient (Wildman–Crippen LogP) is -1.86. The number of nitrogens with one attached hydrogen (secondary N) is 1. The number of amides is 1. The Morgan fingerprint density at radius 3 is 2.42 bits per heavy atom. The molecule has 1 N–H and O–H groups in total. The number of hydrogen-bond donors (Lipinski definition) is 1. The van der Waals surface area contributed by atoms with E-state index in [-0.39, 0.29) is 23.8 Å². The number of rotatable bonds is 3. The molecule has 0 aliphatic carbocycles. The fourth-order valence-electron chi connectivity index (χ4n) is 1.75. The van der Waals surface area contributed by atoms with Crippen molar-refractivity contribution in [3.05, 3.63) is 26.4 Å². The van der Waals surface area contributed by atoms with Gasteiger partial charge < -0.3 is 10.2 Å². The molecule has 19 heavy (non-hydrogen) atoms. The third-order valence-corrected chi connectivity index (χ3v) is 2.77. The molecule has 0 aromatic carbocycles. The Morgan fingerprint density at radius 1 is 1.37 bits per heavy atom. The summed E-state index contributed by atoms with van der Waals surface area (Å²) in [6.07, 6.45) is 0. The second kappa shape index (κ2) is 5.39. The van der Waals surface area contributed by atoms with Gasteiger partial charge in [-0.25, -0.2) is 4.79 Å². The zero-order valence-corrected chi connectivity index (χ0v) is 11.2. The highest BCUT2D eigenvalue weighted by Crippen LogP contribution is 2.11. The molecule has 0 fully saturated rings. The topological polar surface area (TPSA) is 100 Å². The number of nitriles is 1. The van der Waals surface area contributed by atoms with Crippen molar-refractivity contribution in [3.63, 3.8) is 0 Å². The maximum atomic E-state index is 11.9. The Labute approximate surface area is 109 Å². The molecule has 0 aliphatic rings. The minimum absolute atomic E-state index is 0.0639. The van der Waals surface area contributed by atoms with Gasteiger partial charge in [-0.2, -0.15) is 5.26 Å². The molecular formula is C11H15N5O3. The summed E-state index contributed by atoms with van der Waals surface area (Å²) in [5.41, 5.74) is -1.40. The molecule has 0 bridgehead atoms. The fourth-order valence-corrected chi connectivity index (χ4v) is 1.75. The van der Waals surface area contributed by atoms with Crippen LogP contribution in [0.3, 0.4) is 0 Å². The van der Waals surface area contributed by atoms with Gasteiger partial charge in [0.1, 0.15) is 11.9 Å². The Hall–Kier alpha value is -2.56. The smallest absolute Gasteiger partial charge is 0.332 e. The van der Waals surface area contributed by atoms with Gasteiger partial charge in [-0.3, -0.25) is 18.7 Å². The van der Waals surface area contributed by atoms with Crippen molar-refractivity contribution in [3.8, 4) is 6.07 Å². The van der Waals surface area contributed by atoms with Crippen molar-refractivity contribution in [2.24, 2.45) is 14.1 Å². The van der Waals surface area contributed by atoms with Gasteiger partial charge in [0.25, 0.3) is 5.56 Å². The van der Waals surface area contributed by atoms with Crippen molar-refractivity contribution in [2.45, 2.75) is 0 Å². The van der Waals surface area contributed by atoms with Gasteiger partial charge in [0.2, 0.25) is 5.91 Å². The van der Waals surface area contributed by atoms with Crippen LogP contribution in [0.4, 0.5) is 5.82 Å². The highest BCUT2D eigenvalue weighted by atomic mass is 16.2. The number of likely N-dealkylation sites (N-methyl/N-ethyl adjacent to an activating group) is 2. The van der Waals surface area contributed by atoms with Crippen molar-refractivity contribution in [1.82, 2.24) is 14.5 Å². The van der Waals surface area contributed by atoms with Gasteiger partial charge in [0, 0.05) is 28.2 Å². The maximum absolute atomic E-state index is 11.9. The van der Waals surface area contributed by atoms with E-state index in [1.54, 1.807) is 6.07 Å². The van der Waals surface area contributed by atoms with E-state index < -0.39 is 11.2 Å². The number of carbonyl (C=O) groups excluding carboxylic acids is 1. The fraction of sp³-hybridized carbons (Fsp3) is 0.455. The van der Waals surface area contributed by atoms with Crippen molar-refractivity contribution in [1.29, 1.82) is 5.26 Å². The van der Waals surface area contributed by atoms with E-state index in [1.165, 1.54) is 37.7 Å². The molecule has 8 heteroatoms. The SMILES string of the molecule is CNC(=O)CN(C)c1c(C#N)c(=O)n(C)c(=O)n1C. The standard InChI is InChI=1S/C11H15N5O3/c1-13-8(17)6-14(2)9-7(5-12)10(18)16(4)11(19)15(9)3/h6H2,1-4H3,(H,13,17). The average molecular weight is 265 g/mol. The summed E-state index contributed by atoms with van der Waals surface area (Å²) in [6.45, 7) is -0.0639. The third-order valence-electron chi connectivity index (χ3n) is 2.77. The summed E-state index contributed by atoms with van der Waals surface area (Å²) >= 11 is 0. The lowest BCUT2D eigenvalue weighted by molar-refractivity contribution is -0.119. The van der Waals surface area contributed by atoms with Crippen molar-refractivity contribution in [2.75, 3.05) is 25.5 Å². The molecule has 102 valence electrons. The van der Waals surface area contributed by atoms with E-state index in [0.29, 0.717) is 0 Å². The number of carbonyl (C=O) groups is 1. The largest absolute Gasteiger partial charge is 0.358 e. The molecule has 1 amide bonds. The summed E-state index contributed by atoms with van der Waals surface area (Å²) in [5.74, 6) is -0.168. The van der Waals surface area contributed by atoms with Crippen LogP contribution < -0.4 is 21.5 Å². The quantitative estimate of drug-likeness (QED) is 0.690. The maximum Gasteiger partial charge on any atom is 0.332 e. The Balaban J connectivity index is 3.52. The van der Waals surface area contributed by atoms with E-state index in [9.17, 15) is 14.4 Å². The zero-order chi connectivity index (χ0) is 14.7. The lowest BCUT2D eigenvalue weighted by atomic mass is 10.3. The normalized spacial score (nSPS) is 9.84. The summed E-state index contributed by atoms with van der Waals surface area (Å²) < 4.78 is 2.03. The summed E-state index contributed by atoms with van der Waals surface area (Å²) in [7, 11) is 5.75. The van der Waals surface area contributed by atoms with E-state index in [4.69, 9.17) is 5.26 Å². The number of anilines is 1. The molecule has 0 radical (unpaired) electrons. The van der Waals surface area contributed by atoms with Gasteiger partial charge >= 0.3 is 5.69 Å². The number of nitrogens with zero attached hydrogens (tertiary/aromatic N) is 4. The van der Waals surface area contributed by atoms with Gasteiger partial charge in [-0.1, -0.05) is 0 Å². The highest BCUT2D eigenvalue weighted by Gasteiger charge is 2.19. The lowest BCUT2D eigenvalue weighted by Gasteiger charge is -2.22. The van der Waals surface area contributed by atoms with Crippen LogP contribution in [-0.2, 0) is 18.9 Å². The molecule has 0 saturated heterocycles. The summed E-state index contributed by atoms with van der Waals surface area (Å²) in [5, 5.41) is 11.5. The van der Waals surface area contributed by atoms with Gasteiger partial charge in [0.15, 0.2) is 5.56 Å². The Kier molecular flexibility index (Phi) is 4.11. The molecule has 0 saturated carbocycles. The molecule has 0 unspecified atom stereocenters. The van der Waals surface area contributed by atoms with Crippen molar-refractivity contribution >= 4 is 11.7 Å². The minimum atomic E-state index is -0.677. The lowest BCUT2D eigenvalue weighted by Crippen LogP contribution is -2.43. The Bertz CT molecular complexity index is 665. The highest BCUT2D eigenvalue weighted by molar-refractivity contribution is 5.81. The van der Waals surface area contributed by atoms with Crippen LogP contribution in [-0.4, -0.2) is 35.7 Å². The predicted molar refractivity (Wildman–Crippen MR) is 69.0 cm³/mol. The van der Waals surface area contributed by atoms with E-state index in [0.717, 1.165) is 4.57 Å². The monoisotopic (exact) mass is 265 g/mol. The van der Waals surface area contributed by atoms with Crippen LogP contribution in [0.25, 0.3) is 0 Å².